The Labute approximate surface area is 137 Å². The number of hydrogen-bond acceptors (Lipinski definition) is 5. The van der Waals surface area contributed by atoms with Crippen molar-refractivity contribution in [3.05, 3.63) is 17.7 Å². The first-order valence-corrected chi connectivity index (χ1v) is 8.13. The fourth-order valence-corrected chi connectivity index (χ4v) is 2.66. The van der Waals surface area contributed by atoms with Crippen LogP contribution in [0.2, 0.25) is 0 Å². The zero-order chi connectivity index (χ0) is 17.0. The highest BCUT2D eigenvalue weighted by Gasteiger charge is 2.42. The van der Waals surface area contributed by atoms with E-state index in [4.69, 9.17) is 9.47 Å². The Morgan fingerprint density at radius 3 is 2.78 bits per heavy atom. The minimum Gasteiger partial charge on any atom is -0.444 e. The van der Waals surface area contributed by atoms with E-state index >= 15 is 0 Å². The molecule has 0 saturated heterocycles. The van der Waals surface area contributed by atoms with Crippen LogP contribution < -0.4 is 10.6 Å². The third-order valence-electron chi connectivity index (χ3n) is 3.69. The molecule has 1 aromatic heterocycles. The maximum atomic E-state index is 11.9. The number of nitrogens with zero attached hydrogens (tertiary/aromatic N) is 1. The third kappa shape index (κ3) is 5.21. The quantitative estimate of drug-likeness (QED) is 0.743. The summed E-state index contributed by atoms with van der Waals surface area (Å²) in [5.41, 5.74) is 0.518. The summed E-state index contributed by atoms with van der Waals surface area (Å²) >= 11 is 0. The first-order chi connectivity index (χ1) is 10.8. The summed E-state index contributed by atoms with van der Waals surface area (Å²) in [5.74, 6) is 0.889. The molecule has 1 amide bonds. The number of imidazole rings is 1. The van der Waals surface area contributed by atoms with Crippen molar-refractivity contribution in [3.8, 4) is 0 Å². The average Bonchev–Trinajstić information content (AvgIpc) is 2.81. The molecular weight excluding hydrogens is 296 g/mol. The third-order valence-corrected chi connectivity index (χ3v) is 3.69. The van der Waals surface area contributed by atoms with Crippen molar-refractivity contribution in [2.75, 3.05) is 6.61 Å². The fraction of sp³-hybridized carbons (Fsp3) is 0.750. The van der Waals surface area contributed by atoms with Crippen molar-refractivity contribution < 1.29 is 14.3 Å². The van der Waals surface area contributed by atoms with Gasteiger partial charge in [0.2, 0.25) is 0 Å². The highest BCUT2D eigenvalue weighted by atomic mass is 16.6. The Morgan fingerprint density at radius 2 is 2.22 bits per heavy atom. The lowest BCUT2D eigenvalue weighted by atomic mass is 9.82. The van der Waals surface area contributed by atoms with E-state index in [1.54, 1.807) is 0 Å². The fourth-order valence-electron chi connectivity index (χ4n) is 2.66. The molecule has 1 aliphatic carbocycles. The summed E-state index contributed by atoms with van der Waals surface area (Å²) in [5, 5.41) is 6.36. The first-order valence-electron chi connectivity index (χ1n) is 8.13. The molecular formula is C16H28N4O3. The molecule has 7 heteroatoms. The predicted octanol–water partition coefficient (Wildman–Crippen LogP) is 1.88. The van der Waals surface area contributed by atoms with Crippen molar-refractivity contribution in [1.29, 1.82) is 0 Å². The molecule has 0 spiro atoms. The summed E-state index contributed by atoms with van der Waals surface area (Å²) in [6.07, 6.45) is 2.31. The summed E-state index contributed by atoms with van der Waals surface area (Å²) in [6.45, 7) is 10.8. The summed E-state index contributed by atoms with van der Waals surface area (Å²) < 4.78 is 11.0. The van der Waals surface area contributed by atoms with Crippen LogP contribution in [0.3, 0.4) is 0 Å². The van der Waals surface area contributed by atoms with Gasteiger partial charge in [-0.25, -0.2) is 9.78 Å². The van der Waals surface area contributed by atoms with Crippen molar-refractivity contribution in [1.82, 2.24) is 20.6 Å². The van der Waals surface area contributed by atoms with E-state index in [1.165, 1.54) is 0 Å². The molecule has 0 aliphatic heterocycles. The molecule has 23 heavy (non-hydrogen) atoms. The Hall–Kier alpha value is -1.60. The zero-order valence-electron chi connectivity index (χ0n) is 14.6. The second kappa shape index (κ2) is 7.31. The zero-order valence-corrected chi connectivity index (χ0v) is 14.6. The van der Waals surface area contributed by atoms with Gasteiger partial charge in [0.25, 0.3) is 0 Å². The van der Waals surface area contributed by atoms with Crippen LogP contribution in [-0.4, -0.2) is 46.5 Å². The molecule has 0 bridgehead atoms. The summed E-state index contributed by atoms with van der Waals surface area (Å²) in [7, 11) is 0. The topological polar surface area (TPSA) is 88.3 Å². The van der Waals surface area contributed by atoms with Gasteiger partial charge in [-0.2, -0.15) is 0 Å². The van der Waals surface area contributed by atoms with Gasteiger partial charge < -0.3 is 25.1 Å². The van der Waals surface area contributed by atoms with Crippen molar-refractivity contribution in [2.45, 2.75) is 71.4 Å². The van der Waals surface area contributed by atoms with Crippen LogP contribution >= 0.6 is 0 Å². The highest BCUT2D eigenvalue weighted by molar-refractivity contribution is 5.68. The lowest BCUT2D eigenvalue weighted by molar-refractivity contribution is -0.0438. The Kier molecular flexibility index (Phi) is 5.64. The number of H-pyrrole nitrogens is 1. The average molecular weight is 324 g/mol. The number of aromatic nitrogens is 2. The van der Waals surface area contributed by atoms with Gasteiger partial charge in [-0.3, -0.25) is 0 Å². The molecule has 0 aromatic carbocycles. The molecule has 130 valence electrons. The molecule has 1 aromatic rings. The minimum absolute atomic E-state index is 0.00502. The number of amides is 1. The largest absolute Gasteiger partial charge is 0.444 e. The number of alkyl carbamates (subject to hydrolysis) is 1. The van der Waals surface area contributed by atoms with Crippen LogP contribution in [0.4, 0.5) is 4.79 Å². The number of aromatic amines is 1. The number of ether oxygens (including phenoxy) is 2. The number of rotatable bonds is 6. The standard InChI is InChI=1S/C16H28N4O3/c1-6-22-13-7-12(20-15(21)23-16(3,4)5)14(13)18-9-11-8-17-10(2)19-11/h8,12-14,18H,6-7,9H2,1-5H3,(H,17,19)(H,20,21). The van der Waals surface area contributed by atoms with E-state index in [1.807, 2.05) is 40.8 Å². The summed E-state index contributed by atoms with van der Waals surface area (Å²) in [4.78, 5) is 19.3. The van der Waals surface area contributed by atoms with E-state index in [9.17, 15) is 4.79 Å². The lowest BCUT2D eigenvalue weighted by Crippen LogP contribution is -2.66. The Bertz CT molecular complexity index is 524. The second-order valence-corrected chi connectivity index (χ2v) is 6.88. The van der Waals surface area contributed by atoms with Crippen LogP contribution in [0.15, 0.2) is 6.20 Å². The van der Waals surface area contributed by atoms with Gasteiger partial charge >= 0.3 is 6.09 Å². The van der Waals surface area contributed by atoms with E-state index < -0.39 is 5.60 Å². The van der Waals surface area contributed by atoms with E-state index in [0.29, 0.717) is 13.2 Å². The SMILES string of the molecule is CCOC1CC(NC(=O)OC(C)(C)C)C1NCc1cnc(C)[nH]1. The van der Waals surface area contributed by atoms with Crippen molar-refractivity contribution in [2.24, 2.45) is 0 Å². The molecule has 1 aliphatic rings. The van der Waals surface area contributed by atoms with Crippen LogP contribution in [0.25, 0.3) is 0 Å². The molecule has 1 fully saturated rings. The van der Waals surface area contributed by atoms with Crippen molar-refractivity contribution >= 4 is 6.09 Å². The lowest BCUT2D eigenvalue weighted by Gasteiger charge is -2.44. The van der Waals surface area contributed by atoms with Crippen LogP contribution in [0.1, 0.15) is 45.6 Å². The molecule has 1 heterocycles. The molecule has 1 saturated carbocycles. The number of carbonyl (C=O) groups excluding carboxylic acids is 1. The Morgan fingerprint density at radius 1 is 1.48 bits per heavy atom. The minimum atomic E-state index is -0.497. The first kappa shape index (κ1) is 17.7. The molecule has 3 unspecified atom stereocenters. The molecule has 2 rings (SSSR count). The predicted molar refractivity (Wildman–Crippen MR) is 87.1 cm³/mol. The van der Waals surface area contributed by atoms with Crippen LogP contribution in [0.5, 0.6) is 0 Å². The second-order valence-electron chi connectivity index (χ2n) is 6.88. The number of carbonyl (C=O) groups is 1. The molecule has 0 radical (unpaired) electrons. The molecule has 3 N–H and O–H groups in total. The van der Waals surface area contributed by atoms with Gasteiger partial charge in [0, 0.05) is 25.0 Å². The monoisotopic (exact) mass is 324 g/mol. The molecule has 3 atom stereocenters. The van der Waals surface area contributed by atoms with E-state index in [0.717, 1.165) is 17.9 Å². The maximum Gasteiger partial charge on any atom is 0.407 e. The van der Waals surface area contributed by atoms with Gasteiger partial charge in [0.1, 0.15) is 11.4 Å². The van der Waals surface area contributed by atoms with E-state index in [2.05, 4.69) is 20.6 Å². The maximum absolute atomic E-state index is 11.9. The van der Waals surface area contributed by atoms with Crippen molar-refractivity contribution in [3.63, 3.8) is 0 Å². The van der Waals surface area contributed by atoms with Gasteiger partial charge in [0.05, 0.1) is 18.2 Å². The van der Waals surface area contributed by atoms with Crippen LogP contribution in [-0.2, 0) is 16.0 Å². The molecule has 7 nitrogen and oxygen atoms in total. The summed E-state index contributed by atoms with van der Waals surface area (Å²) in [6, 6.07) is 0.0662. The van der Waals surface area contributed by atoms with Gasteiger partial charge in [-0.1, -0.05) is 0 Å². The van der Waals surface area contributed by atoms with Gasteiger partial charge in [-0.05, 0) is 41.0 Å². The smallest absolute Gasteiger partial charge is 0.407 e. The number of hydrogen-bond donors (Lipinski definition) is 3. The number of aryl methyl sites for hydroxylation is 1. The van der Waals surface area contributed by atoms with Gasteiger partial charge in [-0.15, -0.1) is 0 Å². The number of nitrogens with one attached hydrogen (secondary N) is 3. The van der Waals surface area contributed by atoms with Crippen LogP contribution in [0, 0.1) is 6.92 Å². The van der Waals surface area contributed by atoms with E-state index in [-0.39, 0.29) is 24.3 Å². The highest BCUT2D eigenvalue weighted by Crippen LogP contribution is 2.25. The normalized spacial score (nSPS) is 24.1. The Balaban J connectivity index is 1.87. The van der Waals surface area contributed by atoms with Gasteiger partial charge in [0.15, 0.2) is 0 Å².